The van der Waals surface area contributed by atoms with Crippen LogP contribution in [0, 0.1) is 5.82 Å². The van der Waals surface area contributed by atoms with Crippen molar-refractivity contribution in [2.24, 2.45) is 0 Å². The standard InChI is InChI=1S/C23H26FN5O3S2/c1-2-29-22(17-7-6-14-28(15-17)34(31,32)20-8-4-3-5-9-20)26-27-23(29)33-16-21(30)25-19-12-10-18(24)11-13-19/h3-5,8-13,17H,2,6-7,14-16H2,1H3,(H,25,30)/t17-/m1/s1. The van der Waals surface area contributed by atoms with Crippen molar-refractivity contribution in [1.29, 1.82) is 0 Å². The molecule has 0 bridgehead atoms. The van der Waals surface area contributed by atoms with E-state index in [-0.39, 0.29) is 28.3 Å². The minimum atomic E-state index is -3.58. The highest BCUT2D eigenvalue weighted by molar-refractivity contribution is 7.99. The third kappa shape index (κ3) is 5.48. The topological polar surface area (TPSA) is 97.2 Å². The maximum Gasteiger partial charge on any atom is 0.243 e. The molecule has 1 aliphatic rings. The first-order valence-corrected chi connectivity index (χ1v) is 13.5. The molecule has 0 unspecified atom stereocenters. The highest BCUT2D eigenvalue weighted by Crippen LogP contribution is 2.31. The summed E-state index contributed by atoms with van der Waals surface area (Å²) in [4.78, 5) is 12.6. The van der Waals surface area contributed by atoms with Crippen LogP contribution in [0.4, 0.5) is 10.1 Å². The van der Waals surface area contributed by atoms with Crippen LogP contribution in [-0.2, 0) is 21.4 Å². The van der Waals surface area contributed by atoms with Crippen LogP contribution in [0.15, 0.2) is 64.6 Å². The van der Waals surface area contributed by atoms with Crippen molar-refractivity contribution in [3.63, 3.8) is 0 Å². The Morgan fingerprint density at radius 1 is 1.15 bits per heavy atom. The summed E-state index contributed by atoms with van der Waals surface area (Å²) in [5.41, 5.74) is 0.520. The lowest BCUT2D eigenvalue weighted by molar-refractivity contribution is -0.113. The lowest BCUT2D eigenvalue weighted by atomic mass is 9.99. The molecule has 1 aromatic heterocycles. The summed E-state index contributed by atoms with van der Waals surface area (Å²) in [7, 11) is -3.58. The molecule has 0 spiro atoms. The molecule has 0 aliphatic carbocycles. The van der Waals surface area contributed by atoms with Gasteiger partial charge in [0.15, 0.2) is 5.16 Å². The largest absolute Gasteiger partial charge is 0.325 e. The number of hydrogen-bond acceptors (Lipinski definition) is 6. The Morgan fingerprint density at radius 2 is 1.88 bits per heavy atom. The summed E-state index contributed by atoms with van der Waals surface area (Å²) in [6.07, 6.45) is 1.55. The van der Waals surface area contributed by atoms with Crippen molar-refractivity contribution in [1.82, 2.24) is 19.1 Å². The third-order valence-corrected chi connectivity index (χ3v) is 8.50. The zero-order chi connectivity index (χ0) is 24.1. The highest BCUT2D eigenvalue weighted by Gasteiger charge is 2.33. The summed E-state index contributed by atoms with van der Waals surface area (Å²) in [5, 5.41) is 12.0. The van der Waals surface area contributed by atoms with Crippen LogP contribution < -0.4 is 5.32 Å². The van der Waals surface area contributed by atoms with E-state index in [1.165, 1.54) is 40.3 Å². The molecule has 11 heteroatoms. The molecule has 1 aliphatic heterocycles. The van der Waals surface area contributed by atoms with Gasteiger partial charge in [-0.1, -0.05) is 30.0 Å². The van der Waals surface area contributed by atoms with Crippen LogP contribution in [0.2, 0.25) is 0 Å². The number of sulfonamides is 1. The summed E-state index contributed by atoms with van der Waals surface area (Å²) in [5.74, 6) is 0.170. The number of carbonyl (C=O) groups excluding carboxylic acids is 1. The molecular formula is C23H26FN5O3S2. The minimum Gasteiger partial charge on any atom is -0.325 e. The van der Waals surface area contributed by atoms with Gasteiger partial charge in [0, 0.05) is 31.2 Å². The monoisotopic (exact) mass is 503 g/mol. The molecule has 180 valence electrons. The molecule has 34 heavy (non-hydrogen) atoms. The van der Waals surface area contributed by atoms with Crippen LogP contribution in [0.5, 0.6) is 0 Å². The first-order valence-electron chi connectivity index (χ1n) is 11.0. The number of thioether (sulfide) groups is 1. The Morgan fingerprint density at radius 3 is 2.59 bits per heavy atom. The van der Waals surface area contributed by atoms with Gasteiger partial charge in [-0.2, -0.15) is 4.31 Å². The molecule has 8 nitrogen and oxygen atoms in total. The van der Waals surface area contributed by atoms with Crippen LogP contribution in [-0.4, -0.2) is 52.2 Å². The fourth-order valence-electron chi connectivity index (χ4n) is 3.98. The average Bonchev–Trinajstić information content (AvgIpc) is 3.28. The second-order valence-corrected chi connectivity index (χ2v) is 10.8. The molecule has 4 rings (SSSR count). The van der Waals surface area contributed by atoms with Crippen molar-refractivity contribution in [2.45, 2.75) is 42.3 Å². The Balaban J connectivity index is 1.43. The quantitative estimate of drug-likeness (QED) is 0.471. The number of nitrogens with zero attached hydrogens (tertiary/aromatic N) is 4. The molecule has 1 fully saturated rings. The molecular weight excluding hydrogens is 477 g/mol. The second-order valence-electron chi connectivity index (χ2n) is 7.94. The van der Waals surface area contributed by atoms with Crippen LogP contribution >= 0.6 is 11.8 Å². The van der Waals surface area contributed by atoms with E-state index in [9.17, 15) is 17.6 Å². The SMILES string of the molecule is CCn1c(SCC(=O)Nc2ccc(F)cc2)nnc1[C@@H]1CCCN(S(=O)(=O)c2ccccc2)C1. The maximum absolute atomic E-state index is 13.1. The average molecular weight is 504 g/mol. The van der Waals surface area contributed by atoms with Gasteiger partial charge in [-0.25, -0.2) is 12.8 Å². The van der Waals surface area contributed by atoms with Crippen molar-refractivity contribution in [2.75, 3.05) is 24.2 Å². The Kier molecular flexibility index (Phi) is 7.64. The number of rotatable bonds is 8. The molecule has 0 saturated carbocycles. The minimum absolute atomic E-state index is 0.0814. The molecule has 1 N–H and O–H groups in total. The zero-order valence-corrected chi connectivity index (χ0v) is 20.4. The summed E-state index contributed by atoms with van der Waals surface area (Å²) < 4.78 is 42.7. The van der Waals surface area contributed by atoms with Crippen LogP contribution in [0.3, 0.4) is 0 Å². The summed E-state index contributed by atoms with van der Waals surface area (Å²) in [6, 6.07) is 14.0. The normalized spacial score (nSPS) is 16.9. The molecule has 1 saturated heterocycles. The van der Waals surface area contributed by atoms with Crippen molar-refractivity contribution >= 4 is 33.4 Å². The molecule has 2 aromatic carbocycles. The summed E-state index contributed by atoms with van der Waals surface area (Å²) >= 11 is 1.26. The maximum atomic E-state index is 13.1. The van der Waals surface area contributed by atoms with E-state index in [0.717, 1.165) is 18.7 Å². The number of hydrogen-bond donors (Lipinski definition) is 1. The van der Waals surface area contributed by atoms with E-state index < -0.39 is 10.0 Å². The molecule has 3 aromatic rings. The number of halogens is 1. The first kappa shape index (κ1) is 24.4. The van der Waals surface area contributed by atoms with Gasteiger partial charge in [0.25, 0.3) is 0 Å². The number of nitrogens with one attached hydrogen (secondary N) is 1. The van der Waals surface area contributed by atoms with Gasteiger partial charge < -0.3 is 9.88 Å². The van der Waals surface area contributed by atoms with E-state index in [1.807, 2.05) is 11.5 Å². The lowest BCUT2D eigenvalue weighted by Gasteiger charge is -2.31. The Bertz CT molecular complexity index is 1230. The number of anilines is 1. The highest BCUT2D eigenvalue weighted by atomic mass is 32.2. The van der Waals surface area contributed by atoms with Gasteiger partial charge in [-0.3, -0.25) is 4.79 Å². The van der Waals surface area contributed by atoms with Gasteiger partial charge in [0.05, 0.1) is 10.6 Å². The Labute approximate surface area is 202 Å². The van der Waals surface area contributed by atoms with Crippen LogP contribution in [0.25, 0.3) is 0 Å². The molecule has 0 radical (unpaired) electrons. The fraction of sp³-hybridized carbons (Fsp3) is 0.348. The predicted octanol–water partition coefficient (Wildman–Crippen LogP) is 3.74. The number of carbonyl (C=O) groups is 1. The van der Waals surface area contributed by atoms with E-state index in [1.54, 1.807) is 30.3 Å². The third-order valence-electron chi connectivity index (χ3n) is 5.65. The van der Waals surface area contributed by atoms with E-state index >= 15 is 0 Å². The lowest BCUT2D eigenvalue weighted by Crippen LogP contribution is -2.39. The number of amides is 1. The van der Waals surface area contributed by atoms with Gasteiger partial charge in [0.2, 0.25) is 15.9 Å². The molecule has 1 atom stereocenters. The van der Waals surface area contributed by atoms with E-state index in [0.29, 0.717) is 30.5 Å². The fourth-order valence-corrected chi connectivity index (χ4v) is 6.33. The molecule has 2 heterocycles. The smallest absolute Gasteiger partial charge is 0.243 e. The number of aromatic nitrogens is 3. The van der Waals surface area contributed by atoms with Gasteiger partial charge >= 0.3 is 0 Å². The van der Waals surface area contributed by atoms with E-state index in [2.05, 4.69) is 15.5 Å². The second kappa shape index (κ2) is 10.7. The molecule has 1 amide bonds. The van der Waals surface area contributed by atoms with Crippen molar-refractivity contribution < 1.29 is 17.6 Å². The zero-order valence-electron chi connectivity index (χ0n) is 18.7. The van der Waals surface area contributed by atoms with E-state index in [4.69, 9.17) is 0 Å². The summed E-state index contributed by atoms with van der Waals surface area (Å²) in [6.45, 7) is 3.38. The van der Waals surface area contributed by atoms with Gasteiger partial charge in [-0.05, 0) is 56.2 Å². The predicted molar refractivity (Wildman–Crippen MR) is 129 cm³/mol. The van der Waals surface area contributed by atoms with Crippen LogP contribution in [0.1, 0.15) is 31.5 Å². The number of piperidine rings is 1. The van der Waals surface area contributed by atoms with Crippen molar-refractivity contribution in [3.05, 3.63) is 66.2 Å². The first-order chi connectivity index (χ1) is 16.4. The van der Waals surface area contributed by atoms with Gasteiger partial charge in [-0.15, -0.1) is 10.2 Å². The Hall–Kier alpha value is -2.76. The number of benzene rings is 2. The van der Waals surface area contributed by atoms with Crippen molar-refractivity contribution in [3.8, 4) is 0 Å². The van der Waals surface area contributed by atoms with Gasteiger partial charge in [0.1, 0.15) is 11.6 Å².